The van der Waals surface area contributed by atoms with Crippen LogP contribution in [0.2, 0.25) is 0 Å². The number of unbranched alkanes of at least 4 members (excludes halogenated alkanes) is 2. The molecule has 0 aliphatic carbocycles. The minimum atomic E-state index is -0.734. The third kappa shape index (κ3) is 5.25. The van der Waals surface area contributed by atoms with Crippen molar-refractivity contribution >= 4 is 49.7 Å². The molecule has 10 heteroatoms. The molecule has 2 aromatic carbocycles. The first-order valence-corrected chi connectivity index (χ1v) is 11.4. The number of nitro groups is 1. The molecule has 9 nitrogen and oxygen atoms in total. The smallest absolute Gasteiger partial charge is 0.303 e. The number of fused-ring (bicyclic) bond motifs is 2. The monoisotopic (exact) mass is 453 g/mol. The van der Waals surface area contributed by atoms with Gasteiger partial charge in [-0.15, -0.1) is 10.2 Å². The Labute approximate surface area is 188 Å². The summed E-state index contributed by atoms with van der Waals surface area (Å²) in [5.74, 6) is -0.734. The standard InChI is InChI=1S/C22H23N5O4S/c28-21(29)6-2-1-3-11-26-12-4-5-15-13-16(7-10-19(15)26)24-25-22-23-18-9-8-17(27(30)31)14-20(18)32-22/h7-10,13-14H,1-6,11-12H2,(H,28,29). The zero-order chi connectivity index (χ0) is 22.5. The lowest BCUT2D eigenvalue weighted by molar-refractivity contribution is -0.384. The van der Waals surface area contributed by atoms with Gasteiger partial charge in [0.05, 0.1) is 20.8 Å². The molecule has 166 valence electrons. The van der Waals surface area contributed by atoms with Gasteiger partial charge in [-0.3, -0.25) is 14.9 Å². The molecule has 1 aliphatic rings. The van der Waals surface area contributed by atoms with Gasteiger partial charge in [0, 0.05) is 37.3 Å². The highest BCUT2D eigenvalue weighted by Crippen LogP contribution is 2.34. The highest BCUT2D eigenvalue weighted by atomic mass is 32.1. The van der Waals surface area contributed by atoms with E-state index in [1.807, 2.05) is 12.1 Å². The van der Waals surface area contributed by atoms with Gasteiger partial charge in [-0.25, -0.2) is 4.98 Å². The molecule has 0 bridgehead atoms. The first-order valence-electron chi connectivity index (χ1n) is 10.6. The van der Waals surface area contributed by atoms with Crippen LogP contribution in [-0.4, -0.2) is 34.1 Å². The number of benzene rings is 2. The highest BCUT2D eigenvalue weighted by molar-refractivity contribution is 7.21. The molecule has 0 saturated carbocycles. The minimum absolute atomic E-state index is 0.0331. The number of anilines is 1. The van der Waals surface area contributed by atoms with Crippen molar-refractivity contribution in [3.05, 3.63) is 52.1 Å². The molecular weight excluding hydrogens is 430 g/mol. The van der Waals surface area contributed by atoms with Gasteiger partial charge < -0.3 is 10.0 Å². The Balaban J connectivity index is 1.42. The second-order valence-corrected chi connectivity index (χ2v) is 8.72. The maximum absolute atomic E-state index is 10.9. The Kier molecular flexibility index (Phi) is 6.69. The fourth-order valence-corrected chi connectivity index (χ4v) is 4.69. The lowest BCUT2D eigenvalue weighted by Gasteiger charge is -2.31. The molecule has 0 unspecified atom stereocenters. The van der Waals surface area contributed by atoms with Crippen molar-refractivity contribution in [3.63, 3.8) is 0 Å². The van der Waals surface area contributed by atoms with E-state index in [1.165, 1.54) is 34.7 Å². The molecule has 0 fully saturated rings. The maximum Gasteiger partial charge on any atom is 0.303 e. The van der Waals surface area contributed by atoms with Gasteiger partial charge >= 0.3 is 5.97 Å². The van der Waals surface area contributed by atoms with Gasteiger partial charge in [-0.2, -0.15) is 0 Å². The van der Waals surface area contributed by atoms with E-state index in [0.717, 1.165) is 44.5 Å². The normalized spacial score (nSPS) is 13.6. The molecule has 1 N–H and O–H groups in total. The van der Waals surface area contributed by atoms with E-state index in [2.05, 4.69) is 26.2 Å². The molecule has 0 spiro atoms. The van der Waals surface area contributed by atoms with E-state index in [9.17, 15) is 14.9 Å². The van der Waals surface area contributed by atoms with Crippen molar-refractivity contribution in [3.8, 4) is 0 Å². The molecule has 0 amide bonds. The number of azo groups is 1. The Morgan fingerprint density at radius 3 is 2.88 bits per heavy atom. The second-order valence-electron chi connectivity index (χ2n) is 7.71. The summed E-state index contributed by atoms with van der Waals surface area (Å²) in [6.07, 6.45) is 4.89. The average Bonchev–Trinajstić information content (AvgIpc) is 3.19. The Bertz CT molecular complexity index is 1180. The van der Waals surface area contributed by atoms with Crippen LogP contribution in [0.25, 0.3) is 10.2 Å². The van der Waals surface area contributed by atoms with Crippen LogP contribution in [0.1, 0.15) is 37.7 Å². The molecular formula is C22H23N5O4S. The quantitative estimate of drug-likeness (QED) is 0.183. The van der Waals surface area contributed by atoms with Gasteiger partial charge in [0.15, 0.2) is 0 Å². The molecule has 1 aromatic heterocycles. The number of hydrogen-bond acceptors (Lipinski definition) is 8. The van der Waals surface area contributed by atoms with Gasteiger partial charge in [0.2, 0.25) is 5.13 Å². The first kappa shape index (κ1) is 21.8. The van der Waals surface area contributed by atoms with E-state index in [4.69, 9.17) is 5.11 Å². The molecule has 1 aliphatic heterocycles. The van der Waals surface area contributed by atoms with E-state index < -0.39 is 10.9 Å². The number of nitro benzene ring substituents is 1. The summed E-state index contributed by atoms with van der Waals surface area (Å²) in [5.41, 5.74) is 3.89. The van der Waals surface area contributed by atoms with Gasteiger partial charge in [0.1, 0.15) is 0 Å². The fraction of sp³-hybridized carbons (Fsp3) is 0.364. The van der Waals surface area contributed by atoms with Crippen LogP contribution in [0.4, 0.5) is 22.2 Å². The third-order valence-corrected chi connectivity index (χ3v) is 6.32. The Morgan fingerprint density at radius 2 is 2.06 bits per heavy atom. The molecule has 2 heterocycles. The van der Waals surface area contributed by atoms with E-state index in [-0.39, 0.29) is 12.1 Å². The number of rotatable bonds is 9. The summed E-state index contributed by atoms with van der Waals surface area (Å²) in [4.78, 5) is 27.9. The Morgan fingerprint density at radius 1 is 1.19 bits per heavy atom. The predicted octanol–water partition coefficient (Wildman–Crippen LogP) is 6.02. The first-order chi connectivity index (χ1) is 15.5. The number of nitrogens with zero attached hydrogens (tertiary/aromatic N) is 5. The SMILES string of the molecule is O=C(O)CCCCCN1CCCc2cc(N=Nc3nc4ccc([N+](=O)[O-])cc4s3)ccc21. The Hall–Kier alpha value is -3.40. The van der Waals surface area contributed by atoms with Crippen LogP contribution >= 0.6 is 11.3 Å². The molecule has 3 aromatic rings. The molecule has 0 saturated heterocycles. The van der Waals surface area contributed by atoms with E-state index in [1.54, 1.807) is 6.07 Å². The summed E-state index contributed by atoms with van der Waals surface area (Å²) in [7, 11) is 0. The van der Waals surface area contributed by atoms with Crippen LogP contribution in [0, 0.1) is 10.1 Å². The number of aromatic nitrogens is 1. The molecule has 32 heavy (non-hydrogen) atoms. The number of carboxylic acid groups (broad SMARTS) is 1. The predicted molar refractivity (Wildman–Crippen MR) is 124 cm³/mol. The number of non-ortho nitro benzene ring substituents is 1. The molecule has 0 atom stereocenters. The van der Waals surface area contributed by atoms with Crippen LogP contribution in [0.3, 0.4) is 0 Å². The number of aliphatic carboxylic acids is 1. The van der Waals surface area contributed by atoms with Crippen molar-refractivity contribution in [2.75, 3.05) is 18.0 Å². The summed E-state index contributed by atoms with van der Waals surface area (Å²) >= 11 is 1.27. The van der Waals surface area contributed by atoms with Crippen LogP contribution in [0.15, 0.2) is 46.6 Å². The summed E-state index contributed by atoms with van der Waals surface area (Å²) < 4.78 is 0.706. The van der Waals surface area contributed by atoms with Crippen molar-refractivity contribution < 1.29 is 14.8 Å². The number of hydrogen-bond donors (Lipinski definition) is 1. The van der Waals surface area contributed by atoms with Crippen LogP contribution < -0.4 is 4.90 Å². The van der Waals surface area contributed by atoms with Crippen molar-refractivity contribution in [1.29, 1.82) is 0 Å². The van der Waals surface area contributed by atoms with Crippen molar-refractivity contribution in [2.24, 2.45) is 10.2 Å². The van der Waals surface area contributed by atoms with Crippen LogP contribution in [0.5, 0.6) is 0 Å². The number of thiazole rings is 1. The van der Waals surface area contributed by atoms with Crippen molar-refractivity contribution in [1.82, 2.24) is 4.98 Å². The highest BCUT2D eigenvalue weighted by Gasteiger charge is 2.17. The second kappa shape index (κ2) is 9.82. The lowest BCUT2D eigenvalue weighted by atomic mass is 10.0. The van der Waals surface area contributed by atoms with Crippen LogP contribution in [-0.2, 0) is 11.2 Å². The zero-order valence-electron chi connectivity index (χ0n) is 17.4. The lowest BCUT2D eigenvalue weighted by Crippen LogP contribution is -2.30. The minimum Gasteiger partial charge on any atom is -0.481 e. The summed E-state index contributed by atoms with van der Waals surface area (Å²) in [5, 5.41) is 28.7. The zero-order valence-corrected chi connectivity index (χ0v) is 18.3. The molecule has 0 radical (unpaired) electrons. The van der Waals surface area contributed by atoms with Gasteiger partial charge in [-0.05, 0) is 55.5 Å². The van der Waals surface area contributed by atoms with Gasteiger partial charge in [-0.1, -0.05) is 17.8 Å². The third-order valence-electron chi connectivity index (χ3n) is 5.42. The number of carbonyl (C=O) groups is 1. The van der Waals surface area contributed by atoms with Crippen molar-refractivity contribution in [2.45, 2.75) is 38.5 Å². The molecule has 4 rings (SSSR count). The van der Waals surface area contributed by atoms with E-state index in [0.29, 0.717) is 21.8 Å². The van der Waals surface area contributed by atoms with E-state index >= 15 is 0 Å². The maximum atomic E-state index is 10.9. The average molecular weight is 454 g/mol. The van der Waals surface area contributed by atoms with Gasteiger partial charge in [0.25, 0.3) is 5.69 Å². The number of carboxylic acids is 1. The number of aryl methyl sites for hydroxylation is 1. The summed E-state index contributed by atoms with van der Waals surface area (Å²) in [6.45, 7) is 1.93. The largest absolute Gasteiger partial charge is 0.481 e. The summed E-state index contributed by atoms with van der Waals surface area (Å²) in [6, 6.07) is 10.6. The fourth-order valence-electron chi connectivity index (χ4n) is 3.87. The topological polar surface area (TPSA) is 121 Å².